The molecule has 0 saturated carbocycles. The third kappa shape index (κ3) is 6.44. The van der Waals surface area contributed by atoms with Crippen LogP contribution >= 0.6 is 0 Å². The molecule has 0 aliphatic heterocycles. The van der Waals surface area contributed by atoms with E-state index in [9.17, 15) is 5.11 Å². The zero-order valence-electron chi connectivity index (χ0n) is 16.8. The normalized spacial score (nSPS) is 17.5. The highest BCUT2D eigenvalue weighted by Gasteiger charge is 2.41. The summed E-state index contributed by atoms with van der Waals surface area (Å²) in [5, 5.41) is 10.5. The summed E-state index contributed by atoms with van der Waals surface area (Å²) in [6, 6.07) is 0. The minimum Gasteiger partial charge on any atom is -0.417 e. The van der Waals surface area contributed by atoms with Crippen LogP contribution in [0.2, 0.25) is 36.3 Å². The van der Waals surface area contributed by atoms with E-state index < -0.39 is 22.7 Å². The van der Waals surface area contributed by atoms with Crippen LogP contribution in [-0.2, 0) is 8.85 Å². The largest absolute Gasteiger partial charge is 0.417 e. The van der Waals surface area contributed by atoms with E-state index in [1.165, 1.54) is 0 Å². The van der Waals surface area contributed by atoms with Crippen LogP contribution in [-0.4, -0.2) is 40.6 Å². The lowest BCUT2D eigenvalue weighted by Crippen LogP contribution is -2.47. The third-order valence-corrected chi connectivity index (χ3v) is 14.5. The van der Waals surface area contributed by atoms with E-state index in [-0.39, 0.29) is 16.2 Å². The van der Waals surface area contributed by atoms with Gasteiger partial charge in [-0.25, -0.2) is 0 Å². The lowest BCUT2D eigenvalue weighted by atomic mass is 10.2. The Morgan fingerprint density at radius 2 is 1.27 bits per heavy atom. The lowest BCUT2D eigenvalue weighted by molar-refractivity contribution is 0.0250. The highest BCUT2D eigenvalue weighted by molar-refractivity contribution is 6.74. The van der Waals surface area contributed by atoms with Gasteiger partial charge in [-0.2, -0.15) is 0 Å². The molecule has 0 heterocycles. The van der Waals surface area contributed by atoms with Crippen molar-refractivity contribution < 1.29 is 14.0 Å². The molecule has 0 bridgehead atoms. The molecular formula is C17H40O3Si2. The van der Waals surface area contributed by atoms with Crippen molar-refractivity contribution in [1.29, 1.82) is 0 Å². The molecule has 1 unspecified atom stereocenters. The van der Waals surface area contributed by atoms with Crippen molar-refractivity contribution in [3.8, 4) is 0 Å². The quantitative estimate of drug-likeness (QED) is 0.645. The first-order chi connectivity index (χ1) is 9.51. The Morgan fingerprint density at radius 3 is 1.59 bits per heavy atom. The maximum absolute atomic E-state index is 10.1. The van der Waals surface area contributed by atoms with Crippen molar-refractivity contribution in [2.45, 2.75) is 103 Å². The Labute approximate surface area is 141 Å². The molecular weight excluding hydrogens is 308 g/mol. The molecule has 0 radical (unpaired) electrons. The summed E-state index contributed by atoms with van der Waals surface area (Å²) in [4.78, 5) is 0. The van der Waals surface area contributed by atoms with Gasteiger partial charge in [-0.05, 0) is 49.6 Å². The molecule has 0 spiro atoms. The maximum atomic E-state index is 10.1. The molecule has 0 rings (SSSR count). The fraction of sp³-hybridized carbons (Fsp3) is 1.00. The van der Waals surface area contributed by atoms with Crippen molar-refractivity contribution in [2.24, 2.45) is 0 Å². The highest BCUT2D eigenvalue weighted by Crippen LogP contribution is 2.39. The topological polar surface area (TPSA) is 38.7 Å². The van der Waals surface area contributed by atoms with Gasteiger partial charge in [0.1, 0.15) is 0 Å². The first-order valence-electron chi connectivity index (χ1n) is 8.51. The van der Waals surface area contributed by atoms with Crippen molar-refractivity contribution in [1.82, 2.24) is 0 Å². The number of rotatable bonds is 7. The van der Waals surface area contributed by atoms with E-state index in [1.807, 2.05) is 6.92 Å². The summed E-state index contributed by atoms with van der Waals surface area (Å²) in [5.41, 5.74) is 0. The lowest BCUT2D eigenvalue weighted by Gasteiger charge is -2.41. The Bertz CT molecular complexity index is 339. The monoisotopic (exact) mass is 348 g/mol. The molecule has 1 N–H and O–H groups in total. The first kappa shape index (κ1) is 22.3. The molecule has 0 aliphatic carbocycles. The third-order valence-electron chi connectivity index (χ3n) is 5.46. The molecule has 134 valence electrons. The van der Waals surface area contributed by atoms with Gasteiger partial charge in [-0.15, -0.1) is 0 Å². The fourth-order valence-corrected chi connectivity index (χ4v) is 4.09. The smallest absolute Gasteiger partial charge is 0.192 e. The first-order valence-corrected chi connectivity index (χ1v) is 14.3. The zero-order valence-corrected chi connectivity index (χ0v) is 18.8. The molecule has 0 saturated heterocycles. The van der Waals surface area contributed by atoms with Gasteiger partial charge in [0.2, 0.25) is 0 Å². The number of hydrogen-bond donors (Lipinski definition) is 1. The van der Waals surface area contributed by atoms with Crippen LogP contribution in [0.5, 0.6) is 0 Å². The Morgan fingerprint density at radius 1 is 0.864 bits per heavy atom. The zero-order chi connectivity index (χ0) is 18.0. The highest BCUT2D eigenvalue weighted by atomic mass is 28.4. The molecule has 0 aliphatic rings. The van der Waals surface area contributed by atoms with E-state index >= 15 is 0 Å². The minimum absolute atomic E-state index is 0.134. The SMILES string of the molecule is CC(O)[C@H](CCO[Si](C)(C)C(C)(C)C)O[Si](C)(C)C(C)(C)C. The predicted octanol–water partition coefficient (Wildman–Crippen LogP) is 5.17. The van der Waals surface area contributed by atoms with Gasteiger partial charge in [0, 0.05) is 6.61 Å². The predicted molar refractivity (Wildman–Crippen MR) is 102 cm³/mol. The molecule has 22 heavy (non-hydrogen) atoms. The Hall–Kier alpha value is 0.314. The Kier molecular flexibility index (Phi) is 7.58. The second kappa shape index (κ2) is 7.47. The van der Waals surface area contributed by atoms with Crippen molar-refractivity contribution in [2.75, 3.05) is 6.61 Å². The second-order valence-corrected chi connectivity index (χ2v) is 19.1. The van der Waals surface area contributed by atoms with Gasteiger partial charge in [-0.3, -0.25) is 0 Å². The molecule has 0 aromatic carbocycles. The van der Waals surface area contributed by atoms with Crippen molar-refractivity contribution in [3.63, 3.8) is 0 Å². The Balaban J connectivity index is 4.71. The van der Waals surface area contributed by atoms with Gasteiger partial charge < -0.3 is 14.0 Å². The van der Waals surface area contributed by atoms with Crippen molar-refractivity contribution >= 4 is 16.6 Å². The average molecular weight is 349 g/mol. The molecule has 0 amide bonds. The average Bonchev–Trinajstić information content (AvgIpc) is 2.23. The van der Waals surface area contributed by atoms with Crippen LogP contribution in [0.15, 0.2) is 0 Å². The summed E-state index contributed by atoms with van der Waals surface area (Å²) < 4.78 is 12.6. The molecule has 2 atom stereocenters. The standard InChI is InChI=1S/C17H40O3Si2/c1-14(18)15(20-22(10,11)17(5,6)7)12-13-19-21(8,9)16(2,3)4/h14-15,18H,12-13H2,1-11H3/t14?,15-/m0/s1. The van der Waals surface area contributed by atoms with E-state index in [2.05, 4.69) is 67.7 Å². The molecule has 0 aromatic heterocycles. The van der Waals surface area contributed by atoms with Crippen LogP contribution in [0.4, 0.5) is 0 Å². The van der Waals surface area contributed by atoms with Crippen LogP contribution in [0.1, 0.15) is 54.9 Å². The van der Waals surface area contributed by atoms with Crippen LogP contribution < -0.4 is 0 Å². The van der Waals surface area contributed by atoms with E-state index in [1.54, 1.807) is 0 Å². The van der Waals surface area contributed by atoms with Gasteiger partial charge in [0.25, 0.3) is 0 Å². The van der Waals surface area contributed by atoms with Crippen LogP contribution in [0, 0.1) is 0 Å². The van der Waals surface area contributed by atoms with E-state index in [0.717, 1.165) is 6.42 Å². The number of hydrogen-bond acceptors (Lipinski definition) is 3. The summed E-state index contributed by atoms with van der Waals surface area (Å²) in [7, 11) is -3.60. The number of aliphatic hydroxyl groups is 1. The number of aliphatic hydroxyl groups excluding tert-OH is 1. The fourth-order valence-electron chi connectivity index (χ4n) is 1.60. The van der Waals surface area contributed by atoms with Crippen LogP contribution in [0.25, 0.3) is 0 Å². The van der Waals surface area contributed by atoms with Crippen molar-refractivity contribution in [3.05, 3.63) is 0 Å². The molecule has 0 fully saturated rings. The van der Waals surface area contributed by atoms with Gasteiger partial charge in [-0.1, -0.05) is 41.5 Å². The second-order valence-electron chi connectivity index (χ2n) is 9.55. The summed E-state index contributed by atoms with van der Waals surface area (Å²) >= 11 is 0. The summed E-state index contributed by atoms with van der Waals surface area (Å²) in [5.74, 6) is 0. The van der Waals surface area contributed by atoms with Crippen LogP contribution in [0.3, 0.4) is 0 Å². The summed E-state index contributed by atoms with van der Waals surface area (Å²) in [6.45, 7) is 24.9. The van der Waals surface area contributed by atoms with E-state index in [4.69, 9.17) is 8.85 Å². The minimum atomic E-state index is -1.87. The van der Waals surface area contributed by atoms with Gasteiger partial charge in [0.05, 0.1) is 12.2 Å². The summed E-state index contributed by atoms with van der Waals surface area (Å²) in [6.07, 6.45) is 0.166. The molecule has 0 aromatic rings. The van der Waals surface area contributed by atoms with Gasteiger partial charge >= 0.3 is 0 Å². The molecule has 3 nitrogen and oxygen atoms in total. The van der Waals surface area contributed by atoms with E-state index in [0.29, 0.717) is 6.61 Å². The molecule has 5 heteroatoms. The maximum Gasteiger partial charge on any atom is 0.192 e. The van der Waals surface area contributed by atoms with Gasteiger partial charge in [0.15, 0.2) is 16.6 Å².